The van der Waals surface area contributed by atoms with E-state index in [1.807, 2.05) is 24.3 Å². The maximum Gasteiger partial charge on any atom is 0.331 e. The predicted octanol–water partition coefficient (Wildman–Crippen LogP) is 3.33. The molecule has 1 atom stereocenters. The molecule has 0 aliphatic carbocycles. The molecule has 0 fully saturated rings. The minimum absolute atomic E-state index is 0.277. The van der Waals surface area contributed by atoms with Crippen LogP contribution in [-0.2, 0) is 14.3 Å². The van der Waals surface area contributed by atoms with E-state index in [9.17, 15) is 9.59 Å². The second-order valence-electron chi connectivity index (χ2n) is 4.75. The van der Waals surface area contributed by atoms with E-state index in [0.29, 0.717) is 5.76 Å². The first-order chi connectivity index (χ1) is 11.0. The molecular weight excluding hydrogens is 364 g/mol. The second-order valence-corrected chi connectivity index (χ2v) is 5.60. The zero-order valence-corrected chi connectivity index (χ0v) is 14.2. The number of anilines is 1. The summed E-state index contributed by atoms with van der Waals surface area (Å²) in [6, 6.07) is 9.00. The van der Waals surface area contributed by atoms with Crippen LogP contribution in [0.5, 0.6) is 0 Å². The first-order valence-corrected chi connectivity index (χ1v) is 7.62. The van der Waals surface area contributed by atoms with E-state index in [-0.39, 0.29) is 5.82 Å². The third kappa shape index (κ3) is 5.07. The van der Waals surface area contributed by atoms with Crippen LogP contribution in [0.1, 0.15) is 18.2 Å². The first kappa shape index (κ1) is 17.0. The van der Waals surface area contributed by atoms with E-state index in [2.05, 4.69) is 26.4 Å². The second kappa shape index (κ2) is 7.73. The number of amides is 1. The summed E-state index contributed by atoms with van der Waals surface area (Å²) >= 11 is 3.38. The van der Waals surface area contributed by atoms with Gasteiger partial charge in [-0.3, -0.25) is 4.79 Å². The largest absolute Gasteiger partial charge is 0.449 e. The van der Waals surface area contributed by atoms with Crippen LogP contribution >= 0.6 is 15.9 Å². The van der Waals surface area contributed by atoms with Crippen LogP contribution in [0, 0.1) is 6.92 Å². The van der Waals surface area contributed by atoms with Crippen molar-refractivity contribution in [1.29, 1.82) is 0 Å². The van der Waals surface area contributed by atoms with Gasteiger partial charge in [-0.15, -0.1) is 0 Å². The molecule has 1 N–H and O–H groups in total. The Balaban J connectivity index is 1.89. The number of esters is 1. The van der Waals surface area contributed by atoms with Gasteiger partial charge in [-0.1, -0.05) is 39.3 Å². The molecule has 1 aromatic carbocycles. The lowest BCUT2D eigenvalue weighted by Gasteiger charge is -2.10. The molecule has 0 bridgehead atoms. The van der Waals surface area contributed by atoms with Gasteiger partial charge in [0.25, 0.3) is 5.91 Å². The predicted molar refractivity (Wildman–Crippen MR) is 88.6 cm³/mol. The van der Waals surface area contributed by atoms with Gasteiger partial charge in [0.15, 0.2) is 11.9 Å². The van der Waals surface area contributed by atoms with Gasteiger partial charge in [-0.05, 0) is 31.6 Å². The molecule has 2 aromatic rings. The molecule has 0 aliphatic heterocycles. The molecule has 0 radical (unpaired) electrons. The fourth-order valence-corrected chi connectivity index (χ4v) is 2.11. The van der Waals surface area contributed by atoms with Crippen LogP contribution in [-0.4, -0.2) is 23.1 Å². The Hall–Kier alpha value is -2.41. The van der Waals surface area contributed by atoms with Gasteiger partial charge in [0.2, 0.25) is 0 Å². The van der Waals surface area contributed by atoms with Crippen molar-refractivity contribution in [1.82, 2.24) is 5.16 Å². The third-order valence-electron chi connectivity index (χ3n) is 2.85. The SMILES string of the molecule is Cc1cc(NC(=O)[C@H](C)OC(=O)/C=C/c2ccccc2Br)no1. The number of rotatable bonds is 5. The number of hydrogen-bond acceptors (Lipinski definition) is 5. The molecule has 23 heavy (non-hydrogen) atoms. The summed E-state index contributed by atoms with van der Waals surface area (Å²) in [7, 11) is 0. The normalized spacial score (nSPS) is 12.1. The first-order valence-electron chi connectivity index (χ1n) is 6.83. The number of nitrogens with zero attached hydrogens (tertiary/aromatic N) is 1. The Morgan fingerprint density at radius 3 is 2.78 bits per heavy atom. The number of carbonyl (C=O) groups is 2. The third-order valence-corrected chi connectivity index (χ3v) is 3.57. The lowest BCUT2D eigenvalue weighted by molar-refractivity contribution is -0.148. The van der Waals surface area contributed by atoms with E-state index < -0.39 is 18.0 Å². The van der Waals surface area contributed by atoms with Crippen LogP contribution in [0.4, 0.5) is 5.82 Å². The smallest absolute Gasteiger partial charge is 0.331 e. The lowest BCUT2D eigenvalue weighted by Crippen LogP contribution is -2.29. The highest BCUT2D eigenvalue weighted by Crippen LogP contribution is 2.17. The molecule has 1 heterocycles. The molecule has 7 heteroatoms. The van der Waals surface area contributed by atoms with Crippen molar-refractivity contribution < 1.29 is 18.8 Å². The molecule has 0 spiro atoms. The monoisotopic (exact) mass is 378 g/mol. The number of benzene rings is 1. The van der Waals surface area contributed by atoms with E-state index in [1.165, 1.54) is 13.0 Å². The van der Waals surface area contributed by atoms with Gasteiger partial charge in [0.1, 0.15) is 5.76 Å². The number of aryl methyl sites for hydroxylation is 1. The Labute approximate surface area is 141 Å². The van der Waals surface area contributed by atoms with Crippen molar-refractivity contribution >= 4 is 39.7 Å². The van der Waals surface area contributed by atoms with Crippen LogP contribution in [0.15, 0.2) is 45.4 Å². The molecule has 0 saturated carbocycles. The van der Waals surface area contributed by atoms with Gasteiger partial charge in [0.05, 0.1) is 0 Å². The summed E-state index contributed by atoms with van der Waals surface area (Å²) in [6.45, 7) is 3.19. The fourth-order valence-electron chi connectivity index (χ4n) is 1.69. The molecule has 0 aliphatic rings. The molecule has 1 aromatic heterocycles. The number of carbonyl (C=O) groups excluding carboxylic acids is 2. The number of halogens is 1. The topological polar surface area (TPSA) is 81.4 Å². The minimum Gasteiger partial charge on any atom is -0.449 e. The summed E-state index contributed by atoms with van der Waals surface area (Å²) in [5.41, 5.74) is 0.833. The zero-order chi connectivity index (χ0) is 16.8. The zero-order valence-electron chi connectivity index (χ0n) is 12.6. The minimum atomic E-state index is -0.955. The summed E-state index contributed by atoms with van der Waals surface area (Å²) in [6.07, 6.45) is 1.92. The highest BCUT2D eigenvalue weighted by atomic mass is 79.9. The standard InChI is InChI=1S/C16H15BrN2O4/c1-10-9-14(19-23-10)18-16(21)11(2)22-15(20)8-7-12-5-3-4-6-13(12)17/h3-9,11H,1-2H3,(H,18,19,21)/b8-7+/t11-/m0/s1. The average Bonchev–Trinajstić information content (AvgIpc) is 2.91. The van der Waals surface area contributed by atoms with Gasteiger partial charge in [-0.2, -0.15) is 0 Å². The molecule has 0 saturated heterocycles. The molecule has 0 unspecified atom stereocenters. The van der Waals surface area contributed by atoms with Gasteiger partial charge in [0, 0.05) is 16.6 Å². The van der Waals surface area contributed by atoms with Crippen molar-refractivity contribution in [3.05, 3.63) is 52.2 Å². The highest BCUT2D eigenvalue weighted by molar-refractivity contribution is 9.10. The number of ether oxygens (including phenoxy) is 1. The molecule has 120 valence electrons. The van der Waals surface area contributed by atoms with Crippen molar-refractivity contribution in [2.45, 2.75) is 20.0 Å². The molecule has 6 nitrogen and oxygen atoms in total. The van der Waals surface area contributed by atoms with E-state index in [1.54, 1.807) is 19.1 Å². The Kier molecular flexibility index (Phi) is 5.70. The molecule has 1 amide bonds. The summed E-state index contributed by atoms with van der Waals surface area (Å²) in [4.78, 5) is 23.6. The average molecular weight is 379 g/mol. The van der Waals surface area contributed by atoms with Crippen molar-refractivity contribution in [2.24, 2.45) is 0 Å². The van der Waals surface area contributed by atoms with E-state index in [4.69, 9.17) is 9.26 Å². The maximum absolute atomic E-state index is 11.9. The van der Waals surface area contributed by atoms with Crippen molar-refractivity contribution in [3.8, 4) is 0 Å². The summed E-state index contributed by atoms with van der Waals surface area (Å²) < 4.78 is 10.7. The van der Waals surface area contributed by atoms with E-state index in [0.717, 1.165) is 10.0 Å². The number of nitrogens with one attached hydrogen (secondary N) is 1. The summed E-state index contributed by atoms with van der Waals surface area (Å²) in [5.74, 6) is -0.249. The number of hydrogen-bond donors (Lipinski definition) is 1. The van der Waals surface area contributed by atoms with E-state index >= 15 is 0 Å². The maximum atomic E-state index is 11.9. The summed E-state index contributed by atoms with van der Waals surface area (Å²) in [5, 5.41) is 6.13. The van der Waals surface area contributed by atoms with Gasteiger partial charge < -0.3 is 14.6 Å². The van der Waals surface area contributed by atoms with Crippen molar-refractivity contribution in [2.75, 3.05) is 5.32 Å². The number of aromatic nitrogens is 1. The van der Waals surface area contributed by atoms with Crippen molar-refractivity contribution in [3.63, 3.8) is 0 Å². The van der Waals surface area contributed by atoms with Crippen LogP contribution in [0.25, 0.3) is 6.08 Å². The lowest BCUT2D eigenvalue weighted by atomic mass is 10.2. The quantitative estimate of drug-likeness (QED) is 0.637. The van der Waals surface area contributed by atoms with Crippen LogP contribution in [0.3, 0.4) is 0 Å². The molecular formula is C16H15BrN2O4. The highest BCUT2D eigenvalue weighted by Gasteiger charge is 2.18. The molecule has 2 rings (SSSR count). The van der Waals surface area contributed by atoms with Crippen LogP contribution < -0.4 is 5.32 Å². The van der Waals surface area contributed by atoms with Crippen LogP contribution in [0.2, 0.25) is 0 Å². The van der Waals surface area contributed by atoms with Gasteiger partial charge >= 0.3 is 5.97 Å². The van der Waals surface area contributed by atoms with Gasteiger partial charge in [-0.25, -0.2) is 4.79 Å². The Morgan fingerprint density at radius 1 is 1.39 bits per heavy atom. The Morgan fingerprint density at radius 2 is 2.13 bits per heavy atom. The Bertz CT molecular complexity index is 739. The fraction of sp³-hybridized carbons (Fsp3) is 0.188.